The smallest absolute Gasteiger partial charge is 0.151 e. The van der Waals surface area contributed by atoms with Gasteiger partial charge in [-0.2, -0.15) is 0 Å². The Morgan fingerprint density at radius 1 is 1.10 bits per heavy atom. The van der Waals surface area contributed by atoms with Gasteiger partial charge in [0.1, 0.15) is 5.82 Å². The lowest BCUT2D eigenvalue weighted by atomic mass is 10.2. The number of hydrogen-bond acceptors (Lipinski definition) is 5. The Bertz CT molecular complexity index is 638. The predicted molar refractivity (Wildman–Crippen MR) is 89.7 cm³/mol. The summed E-state index contributed by atoms with van der Waals surface area (Å²) in [5.74, 6) is 1.95. The number of halogens is 1. The molecule has 1 aliphatic rings. The highest BCUT2D eigenvalue weighted by molar-refractivity contribution is 9.10. The van der Waals surface area contributed by atoms with E-state index < -0.39 is 0 Å². The lowest BCUT2D eigenvalue weighted by Gasteiger charge is -2.37. The number of aryl methyl sites for hydroxylation is 1. The molecular weight excluding hydrogens is 330 g/mol. The number of nitrogen functional groups attached to an aromatic ring is 1. The summed E-state index contributed by atoms with van der Waals surface area (Å²) in [6.07, 6.45) is 3.64. The van der Waals surface area contributed by atoms with Gasteiger partial charge in [-0.3, -0.25) is 0 Å². The molecule has 0 spiro atoms. The molecule has 1 aliphatic heterocycles. The van der Waals surface area contributed by atoms with Crippen molar-refractivity contribution in [3.05, 3.63) is 40.6 Å². The van der Waals surface area contributed by atoms with Crippen molar-refractivity contribution in [2.75, 3.05) is 41.7 Å². The monoisotopic (exact) mass is 347 g/mol. The van der Waals surface area contributed by atoms with Crippen LogP contribution < -0.4 is 15.5 Å². The fourth-order valence-corrected chi connectivity index (χ4v) is 3.11. The highest BCUT2D eigenvalue weighted by Gasteiger charge is 2.21. The van der Waals surface area contributed by atoms with Crippen LogP contribution in [0.1, 0.15) is 5.56 Å². The van der Waals surface area contributed by atoms with Crippen LogP contribution in [0.15, 0.2) is 35.1 Å². The van der Waals surface area contributed by atoms with Gasteiger partial charge in [0, 0.05) is 43.0 Å². The Labute approximate surface area is 132 Å². The third kappa shape index (κ3) is 2.95. The number of nitrogens with zero attached hydrogens (tertiary/aromatic N) is 4. The Hall–Kier alpha value is -1.82. The molecule has 110 valence electrons. The molecule has 5 nitrogen and oxygen atoms in total. The summed E-state index contributed by atoms with van der Waals surface area (Å²) < 4.78 is 1.02. The van der Waals surface area contributed by atoms with E-state index in [0.29, 0.717) is 0 Å². The van der Waals surface area contributed by atoms with Gasteiger partial charge in [0.2, 0.25) is 0 Å². The van der Waals surface area contributed by atoms with Crippen LogP contribution in [0.3, 0.4) is 0 Å². The summed E-state index contributed by atoms with van der Waals surface area (Å²) in [7, 11) is 0. The summed E-state index contributed by atoms with van der Waals surface area (Å²) in [6.45, 7) is 5.74. The lowest BCUT2D eigenvalue weighted by molar-refractivity contribution is 0.641. The van der Waals surface area contributed by atoms with Gasteiger partial charge in [-0.15, -0.1) is 0 Å². The molecule has 2 N–H and O–H groups in total. The second-order valence-electron chi connectivity index (χ2n) is 5.18. The van der Waals surface area contributed by atoms with Crippen LogP contribution in [0, 0.1) is 6.92 Å². The Morgan fingerprint density at radius 3 is 2.38 bits per heavy atom. The summed E-state index contributed by atoms with van der Waals surface area (Å²) in [4.78, 5) is 13.5. The summed E-state index contributed by atoms with van der Waals surface area (Å²) in [6, 6.07) is 5.87. The number of rotatable bonds is 2. The molecule has 3 rings (SSSR count). The van der Waals surface area contributed by atoms with Crippen molar-refractivity contribution in [1.29, 1.82) is 0 Å². The van der Waals surface area contributed by atoms with Gasteiger partial charge in [-0.05, 0) is 46.6 Å². The van der Waals surface area contributed by atoms with Crippen molar-refractivity contribution in [2.45, 2.75) is 6.92 Å². The molecule has 0 unspecified atom stereocenters. The second kappa shape index (κ2) is 5.89. The van der Waals surface area contributed by atoms with Crippen molar-refractivity contribution in [2.24, 2.45) is 0 Å². The van der Waals surface area contributed by atoms with E-state index in [1.165, 1.54) is 5.56 Å². The van der Waals surface area contributed by atoms with Crippen LogP contribution in [0.5, 0.6) is 0 Å². The summed E-state index contributed by atoms with van der Waals surface area (Å²) in [5.41, 5.74) is 7.93. The molecular formula is C15H18BrN5. The normalized spacial score (nSPS) is 15.3. The van der Waals surface area contributed by atoms with Gasteiger partial charge in [0.25, 0.3) is 0 Å². The number of nitrogens with two attached hydrogens (primary N) is 1. The number of pyridine rings is 2. The van der Waals surface area contributed by atoms with Gasteiger partial charge in [0.05, 0.1) is 5.69 Å². The first-order chi connectivity index (χ1) is 10.1. The molecule has 0 atom stereocenters. The molecule has 0 bridgehead atoms. The van der Waals surface area contributed by atoms with E-state index in [2.05, 4.69) is 48.7 Å². The molecule has 3 heterocycles. The van der Waals surface area contributed by atoms with Crippen molar-refractivity contribution in [1.82, 2.24) is 9.97 Å². The first-order valence-electron chi connectivity index (χ1n) is 6.97. The molecule has 0 aliphatic carbocycles. The van der Waals surface area contributed by atoms with Crippen molar-refractivity contribution in [3.8, 4) is 0 Å². The third-order valence-corrected chi connectivity index (χ3v) is 4.15. The first-order valence-corrected chi connectivity index (χ1v) is 7.77. The minimum atomic E-state index is 0.740. The Morgan fingerprint density at radius 2 is 1.76 bits per heavy atom. The maximum absolute atomic E-state index is 6.00. The Kier molecular flexibility index (Phi) is 3.96. The highest BCUT2D eigenvalue weighted by atomic mass is 79.9. The van der Waals surface area contributed by atoms with Gasteiger partial charge >= 0.3 is 0 Å². The number of hydrogen-bond donors (Lipinski definition) is 1. The van der Waals surface area contributed by atoms with Crippen LogP contribution >= 0.6 is 15.9 Å². The van der Waals surface area contributed by atoms with Crippen molar-refractivity contribution < 1.29 is 0 Å². The van der Waals surface area contributed by atoms with E-state index in [4.69, 9.17) is 5.73 Å². The molecule has 6 heteroatoms. The third-order valence-electron chi connectivity index (χ3n) is 3.71. The van der Waals surface area contributed by atoms with E-state index in [0.717, 1.165) is 48.0 Å². The van der Waals surface area contributed by atoms with Crippen LogP contribution in [-0.4, -0.2) is 36.1 Å². The summed E-state index contributed by atoms with van der Waals surface area (Å²) >= 11 is 3.46. The van der Waals surface area contributed by atoms with E-state index in [1.54, 1.807) is 6.20 Å². The largest absolute Gasteiger partial charge is 0.396 e. The van der Waals surface area contributed by atoms with Crippen LogP contribution in [0.4, 0.5) is 17.3 Å². The fourth-order valence-electron chi connectivity index (χ4n) is 2.67. The summed E-state index contributed by atoms with van der Waals surface area (Å²) in [5, 5.41) is 0. The quantitative estimate of drug-likeness (QED) is 0.904. The maximum Gasteiger partial charge on any atom is 0.151 e. The molecule has 2 aromatic rings. The molecule has 0 radical (unpaired) electrons. The van der Waals surface area contributed by atoms with E-state index >= 15 is 0 Å². The zero-order valence-electron chi connectivity index (χ0n) is 12.0. The first kappa shape index (κ1) is 14.1. The number of piperazine rings is 1. The molecule has 0 aromatic carbocycles. The Balaban J connectivity index is 1.72. The standard InChI is InChI=1S/C15H18BrN5/c1-11-9-12(16)10-19-14(11)20-5-7-21(8-6-20)15-13(17)3-2-4-18-15/h2-4,9-10H,5-8,17H2,1H3. The maximum atomic E-state index is 6.00. The highest BCUT2D eigenvalue weighted by Crippen LogP contribution is 2.25. The van der Waals surface area contributed by atoms with Gasteiger partial charge in [-0.1, -0.05) is 0 Å². The van der Waals surface area contributed by atoms with Gasteiger partial charge in [-0.25, -0.2) is 9.97 Å². The van der Waals surface area contributed by atoms with E-state index in [-0.39, 0.29) is 0 Å². The molecule has 1 saturated heterocycles. The predicted octanol–water partition coefficient (Wildman–Crippen LogP) is 2.46. The minimum absolute atomic E-state index is 0.740. The fraction of sp³-hybridized carbons (Fsp3) is 0.333. The topological polar surface area (TPSA) is 58.3 Å². The zero-order valence-corrected chi connectivity index (χ0v) is 13.5. The molecule has 0 saturated carbocycles. The number of aromatic nitrogens is 2. The average molecular weight is 348 g/mol. The molecule has 0 amide bonds. The lowest BCUT2D eigenvalue weighted by Crippen LogP contribution is -2.47. The molecule has 2 aromatic heterocycles. The van der Waals surface area contributed by atoms with Gasteiger partial charge in [0.15, 0.2) is 5.82 Å². The number of anilines is 3. The van der Waals surface area contributed by atoms with E-state index in [9.17, 15) is 0 Å². The van der Waals surface area contributed by atoms with Crippen LogP contribution in [-0.2, 0) is 0 Å². The van der Waals surface area contributed by atoms with Gasteiger partial charge < -0.3 is 15.5 Å². The molecule has 21 heavy (non-hydrogen) atoms. The zero-order chi connectivity index (χ0) is 14.8. The van der Waals surface area contributed by atoms with Crippen LogP contribution in [0.25, 0.3) is 0 Å². The van der Waals surface area contributed by atoms with Crippen molar-refractivity contribution in [3.63, 3.8) is 0 Å². The minimum Gasteiger partial charge on any atom is -0.396 e. The van der Waals surface area contributed by atoms with Crippen molar-refractivity contribution >= 4 is 33.3 Å². The SMILES string of the molecule is Cc1cc(Br)cnc1N1CCN(c2ncccc2N)CC1. The average Bonchev–Trinajstić information content (AvgIpc) is 2.48. The second-order valence-corrected chi connectivity index (χ2v) is 6.10. The van der Waals surface area contributed by atoms with E-state index in [1.807, 2.05) is 18.3 Å². The molecule has 1 fully saturated rings. The van der Waals surface area contributed by atoms with Crippen LogP contribution in [0.2, 0.25) is 0 Å².